The van der Waals surface area contributed by atoms with Gasteiger partial charge in [-0.2, -0.15) is 5.10 Å². The van der Waals surface area contributed by atoms with Crippen LogP contribution >= 0.6 is 0 Å². The number of aryl methyl sites for hydroxylation is 1. The van der Waals surface area contributed by atoms with Crippen LogP contribution in [0.2, 0.25) is 0 Å². The molecule has 0 bridgehead atoms. The van der Waals surface area contributed by atoms with E-state index in [-0.39, 0.29) is 11.6 Å². The zero-order valence-corrected chi connectivity index (χ0v) is 10.5. The molecule has 1 aromatic heterocycles. The average molecular weight is 249 g/mol. The Labute approximate surface area is 105 Å². The number of halogens is 1. The summed E-state index contributed by atoms with van der Waals surface area (Å²) in [5.74, 6) is -0.145. The number of hydrogen-bond donors (Lipinski definition) is 1. The Bertz CT molecular complexity index is 551. The van der Waals surface area contributed by atoms with Gasteiger partial charge in [-0.1, -0.05) is 0 Å². The highest BCUT2D eigenvalue weighted by Crippen LogP contribution is 2.26. The minimum absolute atomic E-state index is 0.236. The SMILES string of the molecule is COc1ccc(-c2cc(C)nn2CCN)cc1F. The molecule has 0 saturated heterocycles. The molecule has 2 rings (SSSR count). The Balaban J connectivity index is 2.44. The molecule has 0 unspecified atom stereocenters. The van der Waals surface area contributed by atoms with Gasteiger partial charge in [0.05, 0.1) is 25.0 Å². The summed E-state index contributed by atoms with van der Waals surface area (Å²) in [6.07, 6.45) is 0. The molecule has 18 heavy (non-hydrogen) atoms. The predicted molar refractivity (Wildman–Crippen MR) is 68.0 cm³/mol. The van der Waals surface area contributed by atoms with Gasteiger partial charge in [0, 0.05) is 12.1 Å². The van der Waals surface area contributed by atoms with E-state index in [2.05, 4.69) is 5.10 Å². The molecule has 0 radical (unpaired) electrons. The molecule has 4 nitrogen and oxygen atoms in total. The molecule has 0 saturated carbocycles. The van der Waals surface area contributed by atoms with Crippen LogP contribution in [0, 0.1) is 12.7 Å². The van der Waals surface area contributed by atoms with Gasteiger partial charge < -0.3 is 10.5 Å². The highest BCUT2D eigenvalue weighted by Gasteiger charge is 2.10. The van der Waals surface area contributed by atoms with Crippen molar-refractivity contribution in [2.24, 2.45) is 5.73 Å². The number of rotatable bonds is 4. The Morgan fingerprint density at radius 3 is 2.78 bits per heavy atom. The molecule has 96 valence electrons. The largest absolute Gasteiger partial charge is 0.494 e. The number of methoxy groups -OCH3 is 1. The molecule has 0 atom stereocenters. The van der Waals surface area contributed by atoms with Gasteiger partial charge in [-0.15, -0.1) is 0 Å². The van der Waals surface area contributed by atoms with Crippen molar-refractivity contribution >= 4 is 0 Å². The molecule has 1 heterocycles. The molecule has 0 aliphatic carbocycles. The third kappa shape index (κ3) is 2.36. The van der Waals surface area contributed by atoms with E-state index in [0.29, 0.717) is 13.1 Å². The lowest BCUT2D eigenvalue weighted by molar-refractivity contribution is 0.386. The zero-order chi connectivity index (χ0) is 13.1. The van der Waals surface area contributed by atoms with Crippen molar-refractivity contribution in [1.29, 1.82) is 0 Å². The van der Waals surface area contributed by atoms with Crippen LogP contribution in [-0.2, 0) is 6.54 Å². The molecular formula is C13H16FN3O. The monoisotopic (exact) mass is 249 g/mol. The summed E-state index contributed by atoms with van der Waals surface area (Å²) < 4.78 is 20.4. The van der Waals surface area contributed by atoms with Crippen molar-refractivity contribution in [2.75, 3.05) is 13.7 Å². The van der Waals surface area contributed by atoms with Gasteiger partial charge in [0.2, 0.25) is 0 Å². The van der Waals surface area contributed by atoms with Gasteiger partial charge in [0.25, 0.3) is 0 Å². The topological polar surface area (TPSA) is 53.1 Å². The Hall–Kier alpha value is -1.88. The smallest absolute Gasteiger partial charge is 0.165 e. The Morgan fingerprint density at radius 2 is 2.17 bits per heavy atom. The summed E-state index contributed by atoms with van der Waals surface area (Å²) >= 11 is 0. The molecule has 1 aromatic carbocycles. The maximum absolute atomic E-state index is 13.7. The van der Waals surface area contributed by atoms with Crippen LogP contribution in [0.3, 0.4) is 0 Å². The highest BCUT2D eigenvalue weighted by atomic mass is 19.1. The van der Waals surface area contributed by atoms with Crippen molar-refractivity contribution < 1.29 is 9.13 Å². The summed E-state index contributed by atoms with van der Waals surface area (Å²) in [7, 11) is 1.45. The first-order valence-corrected chi connectivity index (χ1v) is 5.74. The summed E-state index contributed by atoms with van der Waals surface area (Å²) in [5, 5.41) is 4.33. The van der Waals surface area contributed by atoms with E-state index in [1.165, 1.54) is 13.2 Å². The van der Waals surface area contributed by atoms with Crippen LogP contribution in [0.4, 0.5) is 4.39 Å². The van der Waals surface area contributed by atoms with Gasteiger partial charge in [-0.05, 0) is 31.2 Å². The molecule has 0 aliphatic rings. The van der Waals surface area contributed by atoms with Crippen molar-refractivity contribution in [3.8, 4) is 17.0 Å². The van der Waals surface area contributed by atoms with Crippen LogP contribution in [0.5, 0.6) is 5.75 Å². The van der Waals surface area contributed by atoms with Crippen LogP contribution in [0.15, 0.2) is 24.3 Å². The fraction of sp³-hybridized carbons (Fsp3) is 0.308. The summed E-state index contributed by atoms with van der Waals surface area (Å²) in [6.45, 7) is 3.00. The van der Waals surface area contributed by atoms with E-state index in [9.17, 15) is 4.39 Å². The van der Waals surface area contributed by atoms with Crippen molar-refractivity contribution in [1.82, 2.24) is 9.78 Å². The fourth-order valence-electron chi connectivity index (χ4n) is 1.90. The van der Waals surface area contributed by atoms with Gasteiger partial charge in [-0.3, -0.25) is 4.68 Å². The summed E-state index contributed by atoms with van der Waals surface area (Å²) in [5.41, 5.74) is 8.05. The van der Waals surface area contributed by atoms with Gasteiger partial charge in [-0.25, -0.2) is 4.39 Å². The summed E-state index contributed by atoms with van der Waals surface area (Å²) in [6, 6.07) is 6.78. The minimum Gasteiger partial charge on any atom is -0.494 e. The van der Waals surface area contributed by atoms with Crippen molar-refractivity contribution in [2.45, 2.75) is 13.5 Å². The predicted octanol–water partition coefficient (Wildman–Crippen LogP) is 1.96. The minimum atomic E-state index is -0.381. The lowest BCUT2D eigenvalue weighted by atomic mass is 10.1. The number of nitrogens with zero attached hydrogens (tertiary/aromatic N) is 2. The number of benzene rings is 1. The Morgan fingerprint density at radius 1 is 1.39 bits per heavy atom. The lowest BCUT2D eigenvalue weighted by Gasteiger charge is -2.07. The first-order valence-electron chi connectivity index (χ1n) is 5.74. The van der Waals surface area contributed by atoms with E-state index in [1.54, 1.807) is 10.7 Å². The number of aromatic nitrogens is 2. The van der Waals surface area contributed by atoms with Crippen molar-refractivity contribution in [3.05, 3.63) is 35.8 Å². The van der Waals surface area contributed by atoms with Crippen LogP contribution in [0.1, 0.15) is 5.69 Å². The van der Waals surface area contributed by atoms with Gasteiger partial charge in [0.15, 0.2) is 11.6 Å². The molecular weight excluding hydrogens is 233 g/mol. The Kier molecular flexibility index (Phi) is 3.62. The van der Waals surface area contributed by atoms with Crippen molar-refractivity contribution in [3.63, 3.8) is 0 Å². The first-order chi connectivity index (χ1) is 8.65. The molecule has 0 aliphatic heterocycles. The molecule has 5 heteroatoms. The normalized spacial score (nSPS) is 10.7. The zero-order valence-electron chi connectivity index (χ0n) is 10.5. The number of nitrogens with two attached hydrogens (primary N) is 1. The number of hydrogen-bond acceptors (Lipinski definition) is 3. The second-order valence-electron chi connectivity index (χ2n) is 4.03. The second kappa shape index (κ2) is 5.18. The van der Waals surface area contributed by atoms with E-state index in [0.717, 1.165) is 17.0 Å². The van der Waals surface area contributed by atoms with Crippen LogP contribution < -0.4 is 10.5 Å². The molecule has 0 amide bonds. The molecule has 0 fully saturated rings. The third-order valence-electron chi connectivity index (χ3n) is 2.69. The van der Waals surface area contributed by atoms with E-state index in [4.69, 9.17) is 10.5 Å². The maximum Gasteiger partial charge on any atom is 0.165 e. The second-order valence-corrected chi connectivity index (χ2v) is 4.03. The van der Waals surface area contributed by atoms with E-state index >= 15 is 0 Å². The van der Waals surface area contributed by atoms with Gasteiger partial charge >= 0.3 is 0 Å². The maximum atomic E-state index is 13.7. The first kappa shape index (κ1) is 12.6. The van der Waals surface area contributed by atoms with E-state index in [1.807, 2.05) is 19.1 Å². The quantitative estimate of drug-likeness (QED) is 0.901. The highest BCUT2D eigenvalue weighted by molar-refractivity contribution is 5.61. The average Bonchev–Trinajstić information content (AvgIpc) is 2.71. The van der Waals surface area contributed by atoms with Crippen LogP contribution in [0.25, 0.3) is 11.3 Å². The summed E-state index contributed by atoms with van der Waals surface area (Å²) in [4.78, 5) is 0. The molecule has 2 aromatic rings. The van der Waals surface area contributed by atoms with E-state index < -0.39 is 0 Å². The molecule has 2 N–H and O–H groups in total. The number of ether oxygens (including phenoxy) is 1. The fourth-order valence-corrected chi connectivity index (χ4v) is 1.90. The standard InChI is InChI=1S/C13H16FN3O/c1-9-7-12(17(16-9)6-5-15)10-3-4-13(18-2)11(14)8-10/h3-4,7-8H,5-6,15H2,1-2H3. The third-order valence-corrected chi connectivity index (χ3v) is 2.69. The van der Waals surface area contributed by atoms with Gasteiger partial charge in [0.1, 0.15) is 0 Å². The molecule has 0 spiro atoms. The lowest BCUT2D eigenvalue weighted by Crippen LogP contribution is -2.12. The van der Waals surface area contributed by atoms with Crippen LogP contribution in [-0.4, -0.2) is 23.4 Å².